The van der Waals surface area contributed by atoms with Gasteiger partial charge in [-0.2, -0.15) is 5.10 Å². The predicted octanol–water partition coefficient (Wildman–Crippen LogP) is 3.14. The number of halogens is 1. The minimum absolute atomic E-state index is 0. The summed E-state index contributed by atoms with van der Waals surface area (Å²) in [7, 11) is 0. The summed E-state index contributed by atoms with van der Waals surface area (Å²) in [4.78, 5) is 12.5. The fourth-order valence-electron chi connectivity index (χ4n) is 3.35. The lowest BCUT2D eigenvalue weighted by Crippen LogP contribution is -2.46. The minimum atomic E-state index is -0.124. The summed E-state index contributed by atoms with van der Waals surface area (Å²) in [6, 6.07) is 11.7. The van der Waals surface area contributed by atoms with Crippen molar-refractivity contribution in [3.63, 3.8) is 0 Å². The molecule has 1 aromatic heterocycles. The number of nitrogens with zero attached hydrogens (tertiary/aromatic N) is 1. The second-order valence-electron chi connectivity index (χ2n) is 6.25. The standard InChI is InChI=1S/C18H24N4O.ClH/c19-12-17(14-9-5-2-6-10-14)20-18(23)16-11-15(21-22-16)13-7-3-1-4-8-13;/h1,3-4,7-8,11,14,17H,2,5-6,9-10,12,19H2,(H,20,23)(H,21,22);1H. The van der Waals surface area contributed by atoms with Crippen molar-refractivity contribution in [2.24, 2.45) is 11.7 Å². The fraction of sp³-hybridized carbons (Fsp3) is 0.444. The van der Waals surface area contributed by atoms with Crippen LogP contribution in [0.4, 0.5) is 0 Å². The largest absolute Gasteiger partial charge is 0.346 e. The number of hydrogen-bond acceptors (Lipinski definition) is 3. The fourth-order valence-corrected chi connectivity index (χ4v) is 3.35. The molecule has 24 heavy (non-hydrogen) atoms. The lowest BCUT2D eigenvalue weighted by atomic mass is 9.84. The van der Waals surface area contributed by atoms with Gasteiger partial charge in [-0.15, -0.1) is 12.4 Å². The maximum absolute atomic E-state index is 12.5. The number of carbonyl (C=O) groups excluding carboxylic acids is 1. The topological polar surface area (TPSA) is 83.8 Å². The zero-order valence-corrected chi connectivity index (χ0v) is 14.5. The van der Waals surface area contributed by atoms with Gasteiger partial charge in [0.15, 0.2) is 0 Å². The lowest BCUT2D eigenvalue weighted by molar-refractivity contribution is 0.0910. The second kappa shape index (κ2) is 8.85. The Bertz CT molecular complexity index is 637. The van der Waals surface area contributed by atoms with Crippen LogP contribution in [0.2, 0.25) is 0 Å². The van der Waals surface area contributed by atoms with Crippen molar-refractivity contribution < 1.29 is 4.79 Å². The predicted molar refractivity (Wildman–Crippen MR) is 98.2 cm³/mol. The van der Waals surface area contributed by atoms with Crippen molar-refractivity contribution >= 4 is 18.3 Å². The third kappa shape index (κ3) is 4.36. The van der Waals surface area contributed by atoms with Crippen LogP contribution in [-0.4, -0.2) is 28.7 Å². The van der Waals surface area contributed by atoms with E-state index in [1.165, 1.54) is 19.3 Å². The Morgan fingerprint density at radius 3 is 2.62 bits per heavy atom. The lowest BCUT2D eigenvalue weighted by Gasteiger charge is -2.29. The summed E-state index contributed by atoms with van der Waals surface area (Å²) in [6.45, 7) is 0.482. The molecule has 1 heterocycles. The van der Waals surface area contributed by atoms with Gasteiger partial charge < -0.3 is 11.1 Å². The van der Waals surface area contributed by atoms with Crippen LogP contribution in [-0.2, 0) is 0 Å². The molecule has 1 saturated carbocycles. The Morgan fingerprint density at radius 2 is 1.96 bits per heavy atom. The first kappa shape index (κ1) is 18.5. The second-order valence-corrected chi connectivity index (χ2v) is 6.25. The average Bonchev–Trinajstić information content (AvgIpc) is 3.11. The molecule has 130 valence electrons. The Balaban J connectivity index is 0.00000208. The summed E-state index contributed by atoms with van der Waals surface area (Å²) in [5.41, 5.74) is 8.14. The van der Waals surface area contributed by atoms with Gasteiger partial charge in [-0.25, -0.2) is 0 Å². The highest BCUT2D eigenvalue weighted by Crippen LogP contribution is 2.26. The molecule has 6 heteroatoms. The third-order valence-electron chi connectivity index (χ3n) is 4.68. The van der Waals surface area contributed by atoms with Crippen LogP contribution in [0.5, 0.6) is 0 Å². The average molecular weight is 349 g/mol. The van der Waals surface area contributed by atoms with E-state index in [-0.39, 0.29) is 24.4 Å². The van der Waals surface area contributed by atoms with Crippen LogP contribution in [0.25, 0.3) is 11.3 Å². The molecule has 0 aliphatic heterocycles. The van der Waals surface area contributed by atoms with Gasteiger partial charge in [0.25, 0.3) is 5.91 Å². The van der Waals surface area contributed by atoms with E-state index in [0.717, 1.165) is 24.1 Å². The zero-order chi connectivity index (χ0) is 16.1. The van der Waals surface area contributed by atoms with E-state index in [2.05, 4.69) is 15.5 Å². The maximum Gasteiger partial charge on any atom is 0.269 e. The smallest absolute Gasteiger partial charge is 0.269 e. The number of hydrogen-bond donors (Lipinski definition) is 3. The van der Waals surface area contributed by atoms with Crippen molar-refractivity contribution in [1.82, 2.24) is 15.5 Å². The van der Waals surface area contributed by atoms with Crippen molar-refractivity contribution in [2.75, 3.05) is 6.54 Å². The summed E-state index contributed by atoms with van der Waals surface area (Å²) in [5.74, 6) is 0.370. The number of nitrogens with two attached hydrogens (primary N) is 1. The van der Waals surface area contributed by atoms with Crippen LogP contribution in [0.1, 0.15) is 42.6 Å². The van der Waals surface area contributed by atoms with Crippen LogP contribution in [0, 0.1) is 5.92 Å². The molecule has 5 nitrogen and oxygen atoms in total. The molecule has 0 spiro atoms. The van der Waals surface area contributed by atoms with Crippen LogP contribution in [0.3, 0.4) is 0 Å². The van der Waals surface area contributed by atoms with Gasteiger partial charge in [-0.3, -0.25) is 9.89 Å². The van der Waals surface area contributed by atoms with E-state index >= 15 is 0 Å². The molecular formula is C18H25ClN4O. The monoisotopic (exact) mass is 348 g/mol. The van der Waals surface area contributed by atoms with E-state index in [0.29, 0.717) is 18.2 Å². The third-order valence-corrected chi connectivity index (χ3v) is 4.68. The first-order valence-corrected chi connectivity index (χ1v) is 8.39. The summed E-state index contributed by atoms with van der Waals surface area (Å²) >= 11 is 0. The van der Waals surface area contributed by atoms with Crippen molar-refractivity contribution in [3.05, 3.63) is 42.1 Å². The molecule has 1 amide bonds. The number of carbonyl (C=O) groups is 1. The highest BCUT2D eigenvalue weighted by Gasteiger charge is 2.25. The Kier molecular flexibility index (Phi) is 6.82. The van der Waals surface area contributed by atoms with E-state index < -0.39 is 0 Å². The molecular weight excluding hydrogens is 324 g/mol. The number of amides is 1. The van der Waals surface area contributed by atoms with Crippen molar-refractivity contribution in [3.8, 4) is 11.3 Å². The normalized spacial score (nSPS) is 16.2. The number of aromatic amines is 1. The molecule has 1 aliphatic rings. The SMILES string of the molecule is Cl.NCC(NC(=O)c1cc(-c2ccccc2)n[nH]1)C1CCCCC1. The highest BCUT2D eigenvalue weighted by molar-refractivity contribution is 5.93. The molecule has 0 saturated heterocycles. The van der Waals surface area contributed by atoms with E-state index in [4.69, 9.17) is 5.73 Å². The molecule has 1 unspecified atom stereocenters. The minimum Gasteiger partial charge on any atom is -0.346 e. The molecule has 2 aromatic rings. The highest BCUT2D eigenvalue weighted by atomic mass is 35.5. The molecule has 3 rings (SSSR count). The molecule has 4 N–H and O–H groups in total. The van der Waals surface area contributed by atoms with Crippen LogP contribution >= 0.6 is 12.4 Å². The van der Waals surface area contributed by atoms with Gasteiger partial charge in [-0.1, -0.05) is 49.6 Å². The number of aromatic nitrogens is 2. The first-order chi connectivity index (χ1) is 11.3. The molecule has 1 fully saturated rings. The molecule has 1 atom stereocenters. The molecule has 1 aromatic carbocycles. The van der Waals surface area contributed by atoms with Crippen molar-refractivity contribution in [1.29, 1.82) is 0 Å². The molecule has 1 aliphatic carbocycles. The van der Waals surface area contributed by atoms with E-state index in [9.17, 15) is 4.79 Å². The van der Waals surface area contributed by atoms with Gasteiger partial charge in [0.2, 0.25) is 0 Å². The maximum atomic E-state index is 12.5. The molecule has 0 radical (unpaired) electrons. The van der Waals surface area contributed by atoms with E-state index in [1.807, 2.05) is 30.3 Å². The van der Waals surface area contributed by atoms with Gasteiger partial charge in [0, 0.05) is 18.2 Å². The number of H-pyrrole nitrogens is 1. The number of benzene rings is 1. The summed E-state index contributed by atoms with van der Waals surface area (Å²) in [5, 5.41) is 10.2. The quantitative estimate of drug-likeness (QED) is 0.776. The van der Waals surface area contributed by atoms with Gasteiger partial charge in [0.1, 0.15) is 5.69 Å². The Hall–Kier alpha value is -1.85. The van der Waals surface area contributed by atoms with Crippen LogP contribution in [0.15, 0.2) is 36.4 Å². The number of nitrogens with one attached hydrogen (secondary N) is 2. The van der Waals surface area contributed by atoms with Gasteiger partial charge >= 0.3 is 0 Å². The van der Waals surface area contributed by atoms with Crippen molar-refractivity contribution in [2.45, 2.75) is 38.1 Å². The van der Waals surface area contributed by atoms with Crippen LogP contribution < -0.4 is 11.1 Å². The van der Waals surface area contributed by atoms with Gasteiger partial charge in [0.05, 0.1) is 5.69 Å². The Morgan fingerprint density at radius 1 is 1.25 bits per heavy atom. The summed E-state index contributed by atoms with van der Waals surface area (Å²) in [6.07, 6.45) is 6.07. The van der Waals surface area contributed by atoms with Gasteiger partial charge in [-0.05, 0) is 24.8 Å². The molecule has 0 bridgehead atoms. The Labute approximate surface area is 148 Å². The summed E-state index contributed by atoms with van der Waals surface area (Å²) < 4.78 is 0. The first-order valence-electron chi connectivity index (χ1n) is 8.39. The zero-order valence-electron chi connectivity index (χ0n) is 13.7. The van der Waals surface area contributed by atoms with E-state index in [1.54, 1.807) is 6.07 Å². The number of rotatable bonds is 5.